The van der Waals surface area contributed by atoms with Crippen LogP contribution in [0.4, 0.5) is 0 Å². The van der Waals surface area contributed by atoms with E-state index < -0.39 is 0 Å². The second-order valence-electron chi connectivity index (χ2n) is 10.2. The van der Waals surface area contributed by atoms with Crippen LogP contribution in [0.2, 0.25) is 0 Å². The SMILES string of the molecule is C=C/C=C\c1c(C)sc2cccc(-n3c4ccccc4c4cc(-n5c6ccccc6c6ccccc65)ccc43)c12. The number of benzene rings is 5. The summed E-state index contributed by atoms with van der Waals surface area (Å²) in [6.07, 6.45) is 6.08. The Balaban J connectivity index is 1.46. The van der Waals surface area contributed by atoms with Gasteiger partial charge in [-0.05, 0) is 61.0 Å². The Morgan fingerprint density at radius 1 is 0.625 bits per heavy atom. The molecule has 0 bridgehead atoms. The van der Waals surface area contributed by atoms with Crippen LogP contribution >= 0.6 is 11.3 Å². The van der Waals surface area contributed by atoms with E-state index in [2.05, 4.69) is 138 Å². The van der Waals surface area contributed by atoms with Gasteiger partial charge in [-0.2, -0.15) is 0 Å². The van der Waals surface area contributed by atoms with Crippen molar-refractivity contribution in [2.24, 2.45) is 0 Å². The van der Waals surface area contributed by atoms with Crippen molar-refractivity contribution in [3.05, 3.63) is 138 Å². The van der Waals surface area contributed by atoms with Gasteiger partial charge >= 0.3 is 0 Å². The first-order valence-electron chi connectivity index (χ1n) is 13.6. The molecular formula is C37H26N2S. The first-order valence-corrected chi connectivity index (χ1v) is 14.4. The molecule has 0 atom stereocenters. The van der Waals surface area contributed by atoms with Crippen molar-refractivity contribution in [3.8, 4) is 11.4 Å². The number of hydrogen-bond acceptors (Lipinski definition) is 1. The van der Waals surface area contributed by atoms with E-state index >= 15 is 0 Å². The fourth-order valence-electron chi connectivity index (χ4n) is 6.38. The summed E-state index contributed by atoms with van der Waals surface area (Å²) in [5.74, 6) is 0. The Kier molecular flexibility index (Phi) is 5.10. The van der Waals surface area contributed by atoms with Crippen molar-refractivity contribution in [2.45, 2.75) is 6.92 Å². The molecule has 0 saturated heterocycles. The van der Waals surface area contributed by atoms with Gasteiger partial charge < -0.3 is 9.13 Å². The predicted molar refractivity (Wildman–Crippen MR) is 174 cm³/mol. The lowest BCUT2D eigenvalue weighted by Gasteiger charge is -2.12. The van der Waals surface area contributed by atoms with Gasteiger partial charge in [0.1, 0.15) is 0 Å². The number of rotatable bonds is 4. The van der Waals surface area contributed by atoms with Crippen molar-refractivity contribution in [1.82, 2.24) is 9.13 Å². The first kappa shape index (κ1) is 23.1. The largest absolute Gasteiger partial charge is 0.309 e. The average Bonchev–Trinajstić information content (AvgIpc) is 3.62. The Hall–Kier alpha value is -4.86. The lowest BCUT2D eigenvalue weighted by Crippen LogP contribution is -1.96. The number of hydrogen-bond donors (Lipinski definition) is 0. The van der Waals surface area contributed by atoms with Crippen molar-refractivity contribution in [2.75, 3.05) is 0 Å². The number of nitrogens with zero attached hydrogens (tertiary/aromatic N) is 2. The molecule has 5 aromatic carbocycles. The Morgan fingerprint density at radius 3 is 1.90 bits per heavy atom. The molecule has 3 heteroatoms. The van der Waals surface area contributed by atoms with E-state index in [0.717, 1.165) is 0 Å². The Labute approximate surface area is 236 Å². The fraction of sp³-hybridized carbons (Fsp3) is 0.0270. The predicted octanol–water partition coefficient (Wildman–Crippen LogP) is 10.6. The molecule has 0 aliphatic carbocycles. The topological polar surface area (TPSA) is 9.86 Å². The number of para-hydroxylation sites is 3. The monoisotopic (exact) mass is 530 g/mol. The maximum Gasteiger partial charge on any atom is 0.0555 e. The molecule has 2 nitrogen and oxygen atoms in total. The lowest BCUT2D eigenvalue weighted by molar-refractivity contribution is 1.17. The zero-order valence-corrected chi connectivity index (χ0v) is 23.0. The van der Waals surface area contributed by atoms with Crippen LogP contribution in [0.25, 0.3) is 71.1 Å². The summed E-state index contributed by atoms with van der Waals surface area (Å²) < 4.78 is 6.14. The summed E-state index contributed by atoms with van der Waals surface area (Å²) in [6, 6.07) is 39.8. The molecule has 190 valence electrons. The standard InChI is InChI=1S/C37H26N2S/c1-3-4-12-26-24(2)40-36-20-11-19-35(37(26)36)39-33-18-10-7-15-29(33)30-23-25(21-22-34(30)39)38-31-16-8-5-13-27(31)28-14-6-9-17-32(28)38/h3-23H,1H2,2H3/b12-4-. The number of allylic oxidation sites excluding steroid dienone is 2. The molecule has 0 saturated carbocycles. The zero-order valence-electron chi connectivity index (χ0n) is 22.1. The molecule has 0 amide bonds. The second kappa shape index (κ2) is 8.84. The number of fused-ring (bicyclic) bond motifs is 7. The van der Waals surface area contributed by atoms with Crippen LogP contribution in [0, 0.1) is 6.92 Å². The van der Waals surface area contributed by atoms with Crippen molar-refractivity contribution >= 4 is 71.1 Å². The molecule has 8 rings (SSSR count). The maximum absolute atomic E-state index is 3.90. The minimum absolute atomic E-state index is 1.17. The van der Waals surface area contributed by atoms with E-state index in [9.17, 15) is 0 Å². The van der Waals surface area contributed by atoms with Crippen LogP contribution in [0.5, 0.6) is 0 Å². The van der Waals surface area contributed by atoms with Crippen molar-refractivity contribution in [1.29, 1.82) is 0 Å². The van der Waals surface area contributed by atoms with Crippen LogP contribution in [0.3, 0.4) is 0 Å². The summed E-state index contributed by atoms with van der Waals surface area (Å²) >= 11 is 1.85. The molecule has 0 radical (unpaired) electrons. The highest BCUT2D eigenvalue weighted by Gasteiger charge is 2.19. The van der Waals surface area contributed by atoms with Crippen molar-refractivity contribution < 1.29 is 0 Å². The summed E-state index contributed by atoms with van der Waals surface area (Å²) in [5, 5.41) is 6.35. The summed E-state index contributed by atoms with van der Waals surface area (Å²) in [7, 11) is 0. The lowest BCUT2D eigenvalue weighted by atomic mass is 10.1. The van der Waals surface area contributed by atoms with Crippen LogP contribution in [-0.2, 0) is 0 Å². The van der Waals surface area contributed by atoms with Crippen molar-refractivity contribution in [3.63, 3.8) is 0 Å². The maximum atomic E-state index is 3.90. The highest BCUT2D eigenvalue weighted by molar-refractivity contribution is 7.19. The molecule has 0 aliphatic rings. The second-order valence-corrected chi connectivity index (χ2v) is 11.5. The molecule has 3 heterocycles. The molecule has 0 aliphatic heterocycles. The quantitative estimate of drug-likeness (QED) is 0.200. The van der Waals surface area contributed by atoms with Gasteiger partial charge in [0.25, 0.3) is 0 Å². The first-order chi connectivity index (χ1) is 19.7. The average molecular weight is 531 g/mol. The van der Waals surface area contributed by atoms with E-state index in [1.54, 1.807) is 0 Å². The third-order valence-electron chi connectivity index (χ3n) is 8.05. The molecule has 0 N–H and O–H groups in total. The minimum atomic E-state index is 1.17. The van der Waals surface area contributed by atoms with E-state index in [-0.39, 0.29) is 0 Å². The highest BCUT2D eigenvalue weighted by Crippen LogP contribution is 2.41. The number of thiophene rings is 1. The van der Waals surface area contributed by atoms with Gasteiger partial charge in [0, 0.05) is 42.2 Å². The summed E-state index contributed by atoms with van der Waals surface area (Å²) in [4.78, 5) is 1.31. The Morgan fingerprint density at radius 2 is 1.23 bits per heavy atom. The number of aromatic nitrogens is 2. The molecule has 0 fully saturated rings. The third-order valence-corrected chi connectivity index (χ3v) is 9.14. The van der Waals surface area contributed by atoms with Gasteiger partial charge in [0.2, 0.25) is 0 Å². The van der Waals surface area contributed by atoms with Gasteiger partial charge in [0.15, 0.2) is 0 Å². The summed E-state index contributed by atoms with van der Waals surface area (Å²) in [6.45, 7) is 6.11. The van der Waals surface area contributed by atoms with E-state index in [1.807, 2.05) is 23.5 Å². The fourth-order valence-corrected chi connectivity index (χ4v) is 7.46. The smallest absolute Gasteiger partial charge is 0.0555 e. The zero-order chi connectivity index (χ0) is 26.8. The van der Waals surface area contributed by atoms with Gasteiger partial charge in [-0.3, -0.25) is 0 Å². The van der Waals surface area contributed by atoms with Gasteiger partial charge in [-0.1, -0.05) is 85.5 Å². The third kappa shape index (κ3) is 3.22. The molecular weight excluding hydrogens is 504 g/mol. The van der Waals surface area contributed by atoms with Crippen LogP contribution < -0.4 is 0 Å². The van der Waals surface area contributed by atoms with E-state index in [4.69, 9.17) is 0 Å². The number of aryl methyl sites for hydroxylation is 1. The molecule has 0 spiro atoms. The minimum Gasteiger partial charge on any atom is -0.309 e. The highest BCUT2D eigenvalue weighted by atomic mass is 32.1. The van der Waals surface area contributed by atoms with Gasteiger partial charge in [-0.25, -0.2) is 0 Å². The van der Waals surface area contributed by atoms with Crippen LogP contribution in [0.15, 0.2) is 128 Å². The van der Waals surface area contributed by atoms with Gasteiger partial charge in [0.05, 0.1) is 27.8 Å². The molecule has 0 unspecified atom stereocenters. The van der Waals surface area contributed by atoms with E-state index in [0.29, 0.717) is 0 Å². The summed E-state index contributed by atoms with van der Waals surface area (Å²) in [5.41, 5.74) is 8.53. The molecule has 40 heavy (non-hydrogen) atoms. The molecule has 3 aromatic heterocycles. The Bertz CT molecular complexity index is 2250. The normalized spacial score (nSPS) is 12.1. The molecule has 8 aromatic rings. The van der Waals surface area contributed by atoms with E-state index in [1.165, 1.54) is 75.5 Å². The van der Waals surface area contributed by atoms with Crippen LogP contribution in [-0.4, -0.2) is 9.13 Å². The van der Waals surface area contributed by atoms with Crippen LogP contribution in [0.1, 0.15) is 10.4 Å². The van der Waals surface area contributed by atoms with Gasteiger partial charge in [-0.15, -0.1) is 11.3 Å².